The number of piperidine rings is 1. The number of carbonyl (C=O) groups excluding carboxylic acids is 1. The van der Waals surface area contributed by atoms with E-state index in [1.807, 2.05) is 41.1 Å². The zero-order valence-electron chi connectivity index (χ0n) is 20.7. The summed E-state index contributed by atoms with van der Waals surface area (Å²) in [6, 6.07) is 16.7. The van der Waals surface area contributed by atoms with E-state index in [0.717, 1.165) is 36.0 Å². The third-order valence-electron chi connectivity index (χ3n) is 7.10. The maximum atomic E-state index is 13.4. The van der Waals surface area contributed by atoms with Crippen LogP contribution in [0.4, 0.5) is 0 Å². The van der Waals surface area contributed by atoms with Crippen molar-refractivity contribution in [3.63, 3.8) is 0 Å². The molecule has 1 N–H and O–H groups in total. The molecule has 2 aromatic carbocycles. The zero-order valence-corrected chi connectivity index (χ0v) is 20.7. The molecule has 2 atom stereocenters. The number of morpholine rings is 1. The Kier molecular flexibility index (Phi) is 6.88. The molecule has 7 heteroatoms. The normalized spacial score (nSPS) is 22.1. The van der Waals surface area contributed by atoms with Gasteiger partial charge in [-0.25, -0.2) is 0 Å². The number of methoxy groups -OCH3 is 1. The van der Waals surface area contributed by atoms with Gasteiger partial charge in [0.15, 0.2) is 5.69 Å². The number of nitrogens with zero attached hydrogens (tertiary/aromatic N) is 3. The maximum absolute atomic E-state index is 13.4. The van der Waals surface area contributed by atoms with Crippen molar-refractivity contribution < 1.29 is 14.3 Å². The highest BCUT2D eigenvalue weighted by molar-refractivity contribution is 6.05. The van der Waals surface area contributed by atoms with E-state index in [4.69, 9.17) is 14.6 Å². The Balaban J connectivity index is 1.31. The summed E-state index contributed by atoms with van der Waals surface area (Å²) in [5.41, 5.74) is 3.89. The molecule has 0 aliphatic carbocycles. The van der Waals surface area contributed by atoms with Crippen molar-refractivity contribution in [2.75, 3.05) is 20.3 Å². The van der Waals surface area contributed by atoms with Crippen LogP contribution >= 0.6 is 0 Å². The number of nitrogens with one attached hydrogen (secondary N) is 1. The second kappa shape index (κ2) is 10.2. The van der Waals surface area contributed by atoms with Gasteiger partial charge in [-0.15, -0.1) is 0 Å². The molecule has 1 amide bonds. The summed E-state index contributed by atoms with van der Waals surface area (Å²) in [4.78, 5) is 15.9. The molecule has 3 heterocycles. The van der Waals surface area contributed by atoms with Gasteiger partial charge in [0, 0.05) is 35.6 Å². The third-order valence-corrected chi connectivity index (χ3v) is 7.10. The summed E-state index contributed by atoms with van der Waals surface area (Å²) >= 11 is 0. The van der Waals surface area contributed by atoms with Crippen molar-refractivity contribution in [1.82, 2.24) is 20.0 Å². The quantitative estimate of drug-likeness (QED) is 0.521. The number of hydrogen-bond donors (Lipinski definition) is 1. The van der Waals surface area contributed by atoms with Gasteiger partial charge in [0.05, 0.1) is 32.4 Å². The number of benzene rings is 2. The van der Waals surface area contributed by atoms with Crippen LogP contribution in [-0.2, 0) is 17.8 Å². The molecule has 2 saturated heterocycles. The first kappa shape index (κ1) is 23.6. The molecule has 2 aliphatic heterocycles. The summed E-state index contributed by atoms with van der Waals surface area (Å²) in [5, 5.41) is 8.90. The number of hydrogen-bond acceptors (Lipinski definition) is 5. The fraction of sp³-hybridized carbons (Fsp3) is 0.429. The standard InChI is InChI=1S/C28H34N4O3/c1-19(2)12-13-32-25-10-6-5-9-24(25)27(30-32)28(33)29-21-14-22-17-35-18-23(15-21)31(22)16-20-8-4-7-11-26(20)34-3/h4-12,21-23H,13-18H2,1-3H3,(H,29,33). The largest absolute Gasteiger partial charge is 0.496 e. The van der Waals surface area contributed by atoms with Gasteiger partial charge in [-0.3, -0.25) is 14.4 Å². The van der Waals surface area contributed by atoms with E-state index in [-0.39, 0.29) is 24.0 Å². The van der Waals surface area contributed by atoms with Crippen molar-refractivity contribution in [2.45, 2.75) is 57.9 Å². The van der Waals surface area contributed by atoms with Gasteiger partial charge in [-0.1, -0.05) is 48.0 Å². The molecular weight excluding hydrogens is 440 g/mol. The predicted molar refractivity (Wildman–Crippen MR) is 137 cm³/mol. The van der Waals surface area contributed by atoms with Crippen molar-refractivity contribution in [3.8, 4) is 5.75 Å². The van der Waals surface area contributed by atoms with Crippen molar-refractivity contribution in [2.24, 2.45) is 0 Å². The van der Waals surface area contributed by atoms with E-state index in [0.29, 0.717) is 25.5 Å². The third kappa shape index (κ3) is 4.97. The minimum absolute atomic E-state index is 0.0945. The van der Waals surface area contributed by atoms with Crippen LogP contribution < -0.4 is 10.1 Å². The molecule has 1 aromatic heterocycles. The highest BCUT2D eigenvalue weighted by atomic mass is 16.5. The Morgan fingerprint density at radius 1 is 1.11 bits per heavy atom. The van der Waals surface area contributed by atoms with Crippen LogP contribution in [0.1, 0.15) is 42.7 Å². The number of rotatable bonds is 7. The van der Waals surface area contributed by atoms with Crippen LogP contribution in [0.2, 0.25) is 0 Å². The number of para-hydroxylation sites is 2. The molecule has 3 aromatic rings. The number of fused-ring (bicyclic) bond motifs is 3. The van der Waals surface area contributed by atoms with E-state index in [1.165, 1.54) is 11.1 Å². The first-order valence-corrected chi connectivity index (χ1v) is 12.4. The van der Waals surface area contributed by atoms with Crippen LogP contribution in [0, 0.1) is 0 Å². The Labute approximate surface area is 206 Å². The molecule has 5 rings (SSSR count). The second-order valence-electron chi connectivity index (χ2n) is 9.80. The fourth-order valence-electron chi connectivity index (χ4n) is 5.35. The molecule has 2 fully saturated rings. The minimum atomic E-state index is -0.0979. The predicted octanol–water partition coefficient (Wildman–Crippen LogP) is 4.17. The minimum Gasteiger partial charge on any atom is -0.496 e. The first-order chi connectivity index (χ1) is 17.0. The lowest BCUT2D eigenvalue weighted by Gasteiger charge is -2.48. The smallest absolute Gasteiger partial charge is 0.272 e. The number of aromatic nitrogens is 2. The van der Waals surface area contributed by atoms with Crippen LogP contribution in [0.3, 0.4) is 0 Å². The van der Waals surface area contributed by atoms with Gasteiger partial charge in [0.2, 0.25) is 0 Å². The Morgan fingerprint density at radius 3 is 2.57 bits per heavy atom. The summed E-state index contributed by atoms with van der Waals surface area (Å²) in [6.45, 7) is 6.97. The topological polar surface area (TPSA) is 68.6 Å². The summed E-state index contributed by atoms with van der Waals surface area (Å²) in [7, 11) is 1.72. The second-order valence-corrected chi connectivity index (χ2v) is 9.80. The van der Waals surface area contributed by atoms with Crippen LogP contribution in [0.5, 0.6) is 5.75 Å². The molecule has 7 nitrogen and oxygen atoms in total. The van der Waals surface area contributed by atoms with E-state index >= 15 is 0 Å². The van der Waals surface area contributed by atoms with Gasteiger partial charge in [-0.2, -0.15) is 5.10 Å². The van der Waals surface area contributed by atoms with E-state index < -0.39 is 0 Å². The fourth-order valence-corrected chi connectivity index (χ4v) is 5.35. The van der Waals surface area contributed by atoms with Gasteiger partial charge in [0.25, 0.3) is 5.91 Å². The highest BCUT2D eigenvalue weighted by Gasteiger charge is 2.40. The lowest BCUT2D eigenvalue weighted by atomic mass is 9.89. The van der Waals surface area contributed by atoms with Gasteiger partial charge in [-0.05, 0) is 38.8 Å². The summed E-state index contributed by atoms with van der Waals surface area (Å²) in [5.74, 6) is 0.816. The lowest BCUT2D eigenvalue weighted by Crippen LogP contribution is -2.60. The van der Waals surface area contributed by atoms with E-state index in [1.54, 1.807) is 7.11 Å². The van der Waals surface area contributed by atoms with Crippen molar-refractivity contribution >= 4 is 16.8 Å². The molecule has 0 spiro atoms. The summed E-state index contributed by atoms with van der Waals surface area (Å²) in [6.07, 6.45) is 3.83. The molecule has 35 heavy (non-hydrogen) atoms. The molecule has 2 bridgehead atoms. The molecule has 2 aliphatic rings. The SMILES string of the molecule is COc1ccccc1CN1C2COCC1CC(NC(=O)c1nn(CC=C(C)C)c3ccccc13)C2. The highest BCUT2D eigenvalue weighted by Crippen LogP contribution is 2.32. The Morgan fingerprint density at radius 2 is 1.83 bits per heavy atom. The zero-order chi connectivity index (χ0) is 24.4. The average molecular weight is 475 g/mol. The number of carbonyl (C=O) groups is 1. The summed E-state index contributed by atoms with van der Waals surface area (Å²) < 4.78 is 13.4. The van der Waals surface area contributed by atoms with Crippen molar-refractivity contribution in [3.05, 3.63) is 71.4 Å². The molecule has 0 saturated carbocycles. The molecule has 0 radical (unpaired) electrons. The van der Waals surface area contributed by atoms with Crippen LogP contribution in [0.15, 0.2) is 60.2 Å². The van der Waals surface area contributed by atoms with E-state index in [9.17, 15) is 4.79 Å². The van der Waals surface area contributed by atoms with Gasteiger partial charge >= 0.3 is 0 Å². The monoisotopic (exact) mass is 474 g/mol. The molecule has 2 unspecified atom stereocenters. The lowest BCUT2D eigenvalue weighted by molar-refractivity contribution is -0.0845. The van der Waals surface area contributed by atoms with E-state index in [2.05, 4.69) is 42.3 Å². The first-order valence-electron chi connectivity index (χ1n) is 12.4. The van der Waals surface area contributed by atoms with Gasteiger partial charge in [0.1, 0.15) is 5.75 Å². The van der Waals surface area contributed by atoms with Crippen molar-refractivity contribution in [1.29, 1.82) is 0 Å². The molecular formula is C28H34N4O3. The number of ether oxygens (including phenoxy) is 2. The number of allylic oxidation sites excluding steroid dienone is 2. The average Bonchev–Trinajstić information content (AvgIpc) is 3.22. The Hall–Kier alpha value is -3.16. The van der Waals surface area contributed by atoms with Gasteiger partial charge < -0.3 is 14.8 Å². The Bertz CT molecular complexity index is 1220. The van der Waals surface area contributed by atoms with Crippen LogP contribution in [0.25, 0.3) is 10.9 Å². The van der Waals surface area contributed by atoms with Crippen LogP contribution in [-0.4, -0.2) is 59.0 Å². The molecule has 184 valence electrons. The number of amides is 1. The maximum Gasteiger partial charge on any atom is 0.272 e.